The fourth-order valence-corrected chi connectivity index (χ4v) is 21.4. The van der Waals surface area contributed by atoms with Crippen molar-refractivity contribution in [3.05, 3.63) is 130 Å². The third-order valence-electron chi connectivity index (χ3n) is 26.2. The molecule has 0 saturated carbocycles. The van der Waals surface area contributed by atoms with E-state index in [1.165, 1.54) is 47.1 Å². The van der Waals surface area contributed by atoms with Gasteiger partial charge in [0.05, 0.1) is 88.9 Å². The quantitative estimate of drug-likeness (QED) is 0.00762. The van der Waals surface area contributed by atoms with E-state index in [4.69, 9.17) is 69.6 Å². The highest BCUT2D eigenvalue weighted by atomic mass is 31.2. The summed E-state index contributed by atoms with van der Waals surface area (Å²) in [6.45, 7) is 45.1. The zero-order valence-corrected chi connectivity index (χ0v) is 89.4. The van der Waals surface area contributed by atoms with Crippen LogP contribution in [0.1, 0.15) is 182 Å². The number of carbonyl (C=O) groups excluding carboxylic acids is 4. The molecule has 52 heteroatoms. The highest BCUT2D eigenvalue weighted by molar-refractivity contribution is 7.46. The third kappa shape index (κ3) is 25.8. The van der Waals surface area contributed by atoms with E-state index in [1.54, 1.807) is 97.5 Å². The van der Waals surface area contributed by atoms with Crippen molar-refractivity contribution in [3.8, 4) is 12.1 Å². The second-order valence-electron chi connectivity index (χ2n) is 39.9. The number of anilines is 4. The first-order valence-corrected chi connectivity index (χ1v) is 58.6. The molecule has 7 unspecified atom stereocenters. The number of hydrogen-bond acceptors (Lipinski definition) is 35. The SMILES string of the molecule is CC(C)(C)[Si](C)(C)OC1C(OC(=O)O)[C@H](n2cnc3c(NC(=O)c4ccccc4)ncnc32)O[C@@H]1CO.CC[C@H]1O[C@@H](n2cnc3c(=O)[nH]c(NC(=O)C(C)C)nc32)[C@@H](OP(C)OCCC#N)C1C.CC[C@H]1O[C@@H](n2cnc3c(=O)[nH]c(NC(=O)C(C)C)nc32)[C@@H](OP(OCCC#N)OC[C@H]2O[C@@H](n3cnc4c(NC(=O)c5ccccc5)ncnc43)[C@@H](OC(=O)O)C2O[Si](C)(C)C(C)(C)C)C1O[Si](C)(C)C(C)(C)C. The Morgan fingerprint density at radius 1 is 0.479 bits per heavy atom. The summed E-state index contributed by atoms with van der Waals surface area (Å²) >= 11 is 0. The van der Waals surface area contributed by atoms with Crippen LogP contribution in [-0.2, 0) is 73.9 Å². The molecule has 2 aromatic carbocycles. The Kier molecular flexibility index (Phi) is 36.4. The largest absolute Gasteiger partial charge is 0.506 e. The maximum atomic E-state index is 13.4. The van der Waals surface area contributed by atoms with Gasteiger partial charge >= 0.3 is 20.9 Å². The molecule has 778 valence electrons. The molecule has 0 bridgehead atoms. The summed E-state index contributed by atoms with van der Waals surface area (Å²) in [6.07, 6.45) is -6.35. The van der Waals surface area contributed by atoms with Gasteiger partial charge in [0.25, 0.3) is 22.9 Å². The van der Waals surface area contributed by atoms with E-state index in [1.807, 2.05) is 80.5 Å². The van der Waals surface area contributed by atoms with Gasteiger partial charge in [-0.3, -0.25) is 67.6 Å². The number of rotatable bonds is 36. The van der Waals surface area contributed by atoms with E-state index in [-0.39, 0.29) is 145 Å². The van der Waals surface area contributed by atoms with Crippen molar-refractivity contribution in [2.75, 3.05) is 54.4 Å². The van der Waals surface area contributed by atoms with Crippen LogP contribution in [0.2, 0.25) is 54.4 Å². The number of fused-ring (bicyclic) bond motifs is 4. The van der Waals surface area contributed by atoms with Gasteiger partial charge in [-0.1, -0.05) is 147 Å². The van der Waals surface area contributed by atoms with Gasteiger partial charge < -0.3 is 90.3 Å². The van der Waals surface area contributed by atoms with Gasteiger partial charge in [-0.25, -0.2) is 49.5 Å². The Bertz CT molecular complexity index is 6380. The lowest BCUT2D eigenvalue weighted by Gasteiger charge is -2.41. The number of carboxylic acid groups (broad SMARTS) is 2. The van der Waals surface area contributed by atoms with E-state index in [0.29, 0.717) is 29.8 Å². The van der Waals surface area contributed by atoms with Gasteiger partial charge in [-0.05, 0) is 91.5 Å². The molecule has 144 heavy (non-hydrogen) atoms. The van der Waals surface area contributed by atoms with Crippen LogP contribution >= 0.6 is 17.0 Å². The van der Waals surface area contributed by atoms with Gasteiger partial charge in [-0.2, -0.15) is 20.5 Å². The van der Waals surface area contributed by atoms with Gasteiger partial charge in [0.2, 0.25) is 23.7 Å². The number of nitrogens with one attached hydrogen (secondary N) is 6. The molecule has 4 amide bonds. The number of benzene rings is 2. The molecule has 8 aromatic heterocycles. The molecular formula is C92H128N22O25P2Si3. The van der Waals surface area contributed by atoms with Crippen LogP contribution in [-0.4, -0.2) is 255 Å². The topological polar surface area (TPSA) is 602 Å². The zero-order chi connectivity index (χ0) is 105. The summed E-state index contributed by atoms with van der Waals surface area (Å²) in [4.78, 5) is 150. The van der Waals surface area contributed by atoms with Crippen molar-refractivity contribution in [3.63, 3.8) is 0 Å². The lowest BCUT2D eigenvalue weighted by atomic mass is 9.99. The van der Waals surface area contributed by atoms with Crippen LogP contribution in [0.3, 0.4) is 0 Å². The Balaban J connectivity index is 0.000000221. The average Bonchev–Trinajstić information content (AvgIpc) is 1.61. The highest BCUT2D eigenvalue weighted by Gasteiger charge is 2.58. The molecule has 4 fully saturated rings. The predicted octanol–water partition coefficient (Wildman–Crippen LogP) is 14.8. The zero-order valence-electron chi connectivity index (χ0n) is 84.7. The van der Waals surface area contributed by atoms with E-state index in [2.05, 4.69) is 142 Å². The number of carbonyl (C=O) groups is 6. The van der Waals surface area contributed by atoms with Crippen molar-refractivity contribution < 1.29 is 108 Å². The number of nitriles is 2. The normalized spacial score (nSPS) is 23.0. The van der Waals surface area contributed by atoms with Gasteiger partial charge in [0.1, 0.15) is 55.4 Å². The predicted molar refractivity (Wildman–Crippen MR) is 535 cm³/mol. The fourth-order valence-electron chi connectivity index (χ4n) is 15.3. The maximum Gasteiger partial charge on any atom is 0.506 e. The maximum absolute atomic E-state index is 13.4. The van der Waals surface area contributed by atoms with Gasteiger partial charge in [-0.15, -0.1) is 0 Å². The Hall–Kier alpha value is -11.4. The molecule has 9 N–H and O–H groups in total. The molecule has 4 saturated heterocycles. The number of imidazole rings is 4. The van der Waals surface area contributed by atoms with Crippen LogP contribution in [0.25, 0.3) is 44.7 Å². The van der Waals surface area contributed by atoms with Crippen LogP contribution in [0, 0.1) is 40.4 Å². The molecule has 14 rings (SSSR count). The molecular weight excluding hydrogens is 1960 g/mol. The number of aliphatic hydroxyl groups excluding tert-OH is 1. The number of aliphatic hydroxyl groups is 1. The average molecular weight is 2090 g/mol. The molecule has 4 aliphatic heterocycles. The monoisotopic (exact) mass is 2090 g/mol. The first-order valence-electron chi connectivity index (χ1n) is 47.1. The van der Waals surface area contributed by atoms with Crippen LogP contribution in [0.15, 0.2) is 108 Å². The van der Waals surface area contributed by atoms with Gasteiger partial charge in [0.15, 0.2) is 127 Å². The summed E-state index contributed by atoms with van der Waals surface area (Å²) in [7, 11) is -11.5. The van der Waals surface area contributed by atoms with Crippen molar-refractivity contribution in [2.45, 2.75) is 283 Å². The Morgan fingerprint density at radius 3 is 1.24 bits per heavy atom. The van der Waals surface area contributed by atoms with Crippen LogP contribution in [0.4, 0.5) is 33.1 Å². The Morgan fingerprint density at radius 2 is 0.847 bits per heavy atom. The lowest BCUT2D eigenvalue weighted by molar-refractivity contribution is -0.119. The molecule has 47 nitrogen and oxygen atoms in total. The smallest absolute Gasteiger partial charge is 0.450 e. The molecule has 0 aliphatic carbocycles. The van der Waals surface area contributed by atoms with Gasteiger partial charge in [0, 0.05) is 35.5 Å². The molecule has 0 radical (unpaired) electrons. The molecule has 10 aromatic rings. The number of nitrogens with zero attached hydrogens (tertiary/aromatic N) is 16. The molecule has 12 heterocycles. The molecule has 0 spiro atoms. The number of hydrogen-bond donors (Lipinski definition) is 9. The second-order valence-corrected chi connectivity index (χ2v) is 56.7. The van der Waals surface area contributed by atoms with Crippen molar-refractivity contribution >= 4 is 146 Å². The standard InChI is InChI=1S/C48H68N11O13PSi2.C24H31N5O7Si.C20H29N6O5P/c1-14-29-33(71-74(10,11)47(4,5)6)36(44(67-29)59-26-53-32-39(59)55-45(57-42(32)62)56-40(60)27(2)3)70-73(65-22-18-21-49)66-23-30-34(72-75(12,13)48(7,8)9)35(69-46(63)64)43(68-30)58-25-52-31-37(50-24-51-38(31)58)54-41(61)28-19-16-15-17-20-28;1-24(2,3)37(4,5)36-17-15(11-30)34-22(18(17)35-23(32)33)29-13-27-16-19(25-12-26-20(16)29)28-21(31)14-9-7-6-8-10-14;1-6-13-12(4)15(31-32(5)29-9-7-8-21)19(30-13)26-10-22-14-16(26)23-20(25-18(14)28)24-17(27)11(2)3/h15-17,19-20,24-27,29-30,33-36,43-44H,14,18,22-23H2,1-13H3,(H,63,64)(H,50,51,54,61)(H2,55,56,57,60,62);6-10,12-13,15,17-18,22,30H,11H2,1-5H3,(H,32,33)(H,25,26,28,31);10-13,15,19H,6-7,9H2,1-5H3,(H2,23,24,25,27,28)/t29-,30-,33?,34?,35+,36+,43-,44-,73?;15-,17?,18?,22-;12?,13-,15+,19-,32?/m111/s1. The highest BCUT2D eigenvalue weighted by Crippen LogP contribution is 2.53. The van der Waals surface area contributed by atoms with E-state index in [0.717, 1.165) is 6.42 Å². The summed E-state index contributed by atoms with van der Waals surface area (Å²) in [5.41, 5.74) is 1.24. The summed E-state index contributed by atoms with van der Waals surface area (Å²) < 4.78 is 95.4. The minimum Gasteiger partial charge on any atom is -0.450 e. The van der Waals surface area contributed by atoms with Crippen LogP contribution in [0.5, 0.6) is 0 Å². The number of ether oxygens (including phenoxy) is 6. The first kappa shape index (κ1) is 111. The van der Waals surface area contributed by atoms with Crippen molar-refractivity contribution in [2.24, 2.45) is 17.8 Å². The number of H-pyrrole nitrogens is 2. The first-order chi connectivity index (χ1) is 67.9. The molecule has 18 atom stereocenters. The van der Waals surface area contributed by atoms with Crippen molar-refractivity contribution in [1.82, 2.24) is 78.1 Å². The number of aromatic nitrogens is 16. The fraction of sp³-hybridized carbons (Fsp3) is 0.565. The summed E-state index contributed by atoms with van der Waals surface area (Å²) in [5.74, 6) is -1.82. The number of amides is 4. The van der Waals surface area contributed by atoms with Crippen LogP contribution < -0.4 is 32.4 Å². The Labute approximate surface area is 836 Å². The summed E-state index contributed by atoms with van der Waals surface area (Å²) in [6, 6.07) is 21.3. The van der Waals surface area contributed by atoms with Crippen molar-refractivity contribution in [1.29, 1.82) is 10.5 Å². The summed E-state index contributed by atoms with van der Waals surface area (Å²) in [5, 5.41) is 58.2. The van der Waals surface area contributed by atoms with E-state index < -0.39 is 164 Å². The van der Waals surface area contributed by atoms with E-state index >= 15 is 0 Å². The number of aromatic amines is 2. The molecule has 4 aliphatic rings. The minimum absolute atomic E-state index is 0.0189. The minimum atomic E-state index is -2.78. The lowest BCUT2D eigenvalue weighted by Crippen LogP contribution is -2.50. The second kappa shape index (κ2) is 47.0. The van der Waals surface area contributed by atoms with E-state index in [9.17, 15) is 58.9 Å². The third-order valence-corrected chi connectivity index (χ3v) is 41.9.